The molecule has 2 atom stereocenters. The van der Waals surface area contributed by atoms with E-state index in [1.54, 1.807) is 25.3 Å². The molecule has 1 heterocycles. The van der Waals surface area contributed by atoms with E-state index in [-0.39, 0.29) is 23.7 Å². The predicted molar refractivity (Wildman–Crippen MR) is 71.0 cm³/mol. The van der Waals surface area contributed by atoms with Crippen molar-refractivity contribution in [2.75, 3.05) is 0 Å². The number of hydrogen-bond acceptors (Lipinski definition) is 4. The van der Waals surface area contributed by atoms with Crippen molar-refractivity contribution in [3.05, 3.63) is 29.6 Å². The summed E-state index contributed by atoms with van der Waals surface area (Å²) in [5, 5.41) is 14.7. The summed E-state index contributed by atoms with van der Waals surface area (Å²) in [7, 11) is 0. The Kier molecular flexibility index (Phi) is 3.99. The number of amides is 1. The Morgan fingerprint density at radius 2 is 2.37 bits per heavy atom. The van der Waals surface area contributed by atoms with Crippen molar-refractivity contribution in [1.29, 1.82) is 0 Å². The minimum Gasteiger partial charge on any atom is -0.409 e. The SMILES string of the molecule is Cc1ncccc1C(=O)NC1CCCC1C(N)=NO. The molecule has 1 aromatic heterocycles. The number of amidine groups is 1. The molecule has 1 fully saturated rings. The highest BCUT2D eigenvalue weighted by atomic mass is 16.4. The van der Waals surface area contributed by atoms with E-state index in [0.717, 1.165) is 19.3 Å². The number of aromatic nitrogens is 1. The Labute approximate surface area is 111 Å². The summed E-state index contributed by atoms with van der Waals surface area (Å²) in [6.45, 7) is 1.80. The highest BCUT2D eigenvalue weighted by molar-refractivity contribution is 5.96. The second-order valence-electron chi connectivity index (χ2n) is 4.78. The van der Waals surface area contributed by atoms with Gasteiger partial charge in [0.05, 0.1) is 5.56 Å². The quantitative estimate of drug-likeness (QED) is 0.328. The molecule has 0 spiro atoms. The smallest absolute Gasteiger partial charge is 0.253 e. The average Bonchev–Trinajstić information content (AvgIpc) is 2.86. The average molecular weight is 262 g/mol. The lowest BCUT2D eigenvalue weighted by Crippen LogP contribution is -2.42. The summed E-state index contributed by atoms with van der Waals surface area (Å²) >= 11 is 0. The van der Waals surface area contributed by atoms with Gasteiger partial charge in [0.2, 0.25) is 0 Å². The molecule has 102 valence electrons. The lowest BCUT2D eigenvalue weighted by atomic mass is 10.0. The van der Waals surface area contributed by atoms with Crippen LogP contribution in [0.25, 0.3) is 0 Å². The summed E-state index contributed by atoms with van der Waals surface area (Å²) in [5.74, 6) is -0.0649. The first-order valence-electron chi connectivity index (χ1n) is 6.33. The number of carbonyl (C=O) groups excluding carboxylic acids is 1. The molecule has 4 N–H and O–H groups in total. The van der Waals surface area contributed by atoms with E-state index in [0.29, 0.717) is 11.3 Å². The number of rotatable bonds is 3. The molecule has 2 unspecified atom stereocenters. The molecule has 1 amide bonds. The Hall–Kier alpha value is -2.11. The number of oxime groups is 1. The number of pyridine rings is 1. The molecule has 6 nitrogen and oxygen atoms in total. The van der Waals surface area contributed by atoms with Crippen molar-refractivity contribution in [3.63, 3.8) is 0 Å². The fraction of sp³-hybridized carbons (Fsp3) is 0.462. The molecule has 0 saturated heterocycles. The lowest BCUT2D eigenvalue weighted by molar-refractivity contribution is 0.0932. The number of nitrogens with one attached hydrogen (secondary N) is 1. The number of carbonyl (C=O) groups is 1. The summed E-state index contributed by atoms with van der Waals surface area (Å²) < 4.78 is 0. The van der Waals surface area contributed by atoms with Gasteiger partial charge in [0, 0.05) is 23.9 Å². The fourth-order valence-electron chi connectivity index (χ4n) is 2.53. The molecule has 1 aromatic rings. The van der Waals surface area contributed by atoms with Gasteiger partial charge in [-0.1, -0.05) is 11.6 Å². The van der Waals surface area contributed by atoms with Crippen LogP contribution in [-0.4, -0.2) is 28.0 Å². The molecule has 19 heavy (non-hydrogen) atoms. The van der Waals surface area contributed by atoms with Crippen LogP contribution in [0.5, 0.6) is 0 Å². The van der Waals surface area contributed by atoms with Gasteiger partial charge in [-0.25, -0.2) is 0 Å². The van der Waals surface area contributed by atoms with Gasteiger partial charge in [-0.3, -0.25) is 9.78 Å². The van der Waals surface area contributed by atoms with Crippen molar-refractivity contribution < 1.29 is 10.0 Å². The normalized spacial score (nSPS) is 23.3. The second-order valence-corrected chi connectivity index (χ2v) is 4.78. The van der Waals surface area contributed by atoms with E-state index in [2.05, 4.69) is 15.5 Å². The molecule has 2 rings (SSSR count). The van der Waals surface area contributed by atoms with Gasteiger partial charge >= 0.3 is 0 Å². The van der Waals surface area contributed by atoms with Crippen LogP contribution in [0.15, 0.2) is 23.5 Å². The lowest BCUT2D eigenvalue weighted by Gasteiger charge is -2.20. The number of aryl methyl sites for hydroxylation is 1. The molecule has 0 aromatic carbocycles. The number of hydrogen-bond donors (Lipinski definition) is 3. The van der Waals surface area contributed by atoms with E-state index in [4.69, 9.17) is 10.9 Å². The van der Waals surface area contributed by atoms with Gasteiger partial charge < -0.3 is 16.3 Å². The van der Waals surface area contributed by atoms with Crippen molar-refractivity contribution >= 4 is 11.7 Å². The summed E-state index contributed by atoms with van der Waals surface area (Å²) in [5.41, 5.74) is 6.90. The standard InChI is InChI=1S/C13H18N4O2/c1-8-9(5-3-7-15-8)13(18)16-11-6-2-4-10(11)12(14)17-19/h3,5,7,10-11,19H,2,4,6H2,1H3,(H2,14,17)(H,16,18). The zero-order valence-corrected chi connectivity index (χ0v) is 10.8. The van der Waals surface area contributed by atoms with Gasteiger partial charge in [0.25, 0.3) is 5.91 Å². The Bertz CT molecular complexity index is 501. The molecule has 1 aliphatic carbocycles. The molecule has 0 aliphatic heterocycles. The molecule has 1 saturated carbocycles. The van der Waals surface area contributed by atoms with Gasteiger partial charge in [-0.15, -0.1) is 0 Å². The highest BCUT2D eigenvalue weighted by Gasteiger charge is 2.32. The maximum Gasteiger partial charge on any atom is 0.253 e. The van der Waals surface area contributed by atoms with Crippen LogP contribution in [-0.2, 0) is 0 Å². The van der Waals surface area contributed by atoms with Crippen LogP contribution in [0, 0.1) is 12.8 Å². The van der Waals surface area contributed by atoms with E-state index in [9.17, 15) is 4.79 Å². The number of nitrogens with zero attached hydrogens (tertiary/aromatic N) is 2. The predicted octanol–water partition coefficient (Wildman–Crippen LogP) is 1.03. The third kappa shape index (κ3) is 2.83. The zero-order valence-electron chi connectivity index (χ0n) is 10.8. The van der Waals surface area contributed by atoms with Crippen molar-refractivity contribution in [2.45, 2.75) is 32.2 Å². The third-order valence-electron chi connectivity index (χ3n) is 3.58. The van der Waals surface area contributed by atoms with Crippen LogP contribution >= 0.6 is 0 Å². The van der Waals surface area contributed by atoms with Gasteiger partial charge in [0.15, 0.2) is 0 Å². The van der Waals surface area contributed by atoms with E-state index in [1.807, 2.05) is 0 Å². The topological polar surface area (TPSA) is 101 Å². The van der Waals surface area contributed by atoms with Gasteiger partial charge in [-0.05, 0) is 31.9 Å². The van der Waals surface area contributed by atoms with E-state index in [1.165, 1.54) is 0 Å². The van der Waals surface area contributed by atoms with Crippen molar-refractivity contribution in [3.8, 4) is 0 Å². The van der Waals surface area contributed by atoms with Crippen LogP contribution in [0.1, 0.15) is 35.3 Å². The maximum atomic E-state index is 12.2. The second kappa shape index (κ2) is 5.69. The van der Waals surface area contributed by atoms with E-state index >= 15 is 0 Å². The fourth-order valence-corrected chi connectivity index (χ4v) is 2.53. The van der Waals surface area contributed by atoms with Crippen molar-refractivity contribution in [1.82, 2.24) is 10.3 Å². The molecular weight excluding hydrogens is 244 g/mol. The number of nitrogens with two attached hydrogens (primary N) is 1. The Morgan fingerprint density at radius 1 is 1.58 bits per heavy atom. The first-order valence-corrected chi connectivity index (χ1v) is 6.33. The van der Waals surface area contributed by atoms with Crippen LogP contribution in [0.3, 0.4) is 0 Å². The molecular formula is C13H18N4O2. The summed E-state index contributed by atoms with van der Waals surface area (Å²) in [6, 6.07) is 3.39. The van der Waals surface area contributed by atoms with Crippen LogP contribution < -0.4 is 11.1 Å². The van der Waals surface area contributed by atoms with Crippen molar-refractivity contribution in [2.24, 2.45) is 16.8 Å². The maximum absolute atomic E-state index is 12.2. The van der Waals surface area contributed by atoms with Gasteiger partial charge in [0.1, 0.15) is 5.84 Å². The molecule has 6 heteroatoms. The van der Waals surface area contributed by atoms with Gasteiger partial charge in [-0.2, -0.15) is 0 Å². The molecule has 0 radical (unpaired) electrons. The zero-order chi connectivity index (χ0) is 13.8. The van der Waals surface area contributed by atoms with Crippen LogP contribution in [0.4, 0.5) is 0 Å². The van der Waals surface area contributed by atoms with Crippen LogP contribution in [0.2, 0.25) is 0 Å². The largest absolute Gasteiger partial charge is 0.409 e. The first-order chi connectivity index (χ1) is 9.13. The molecule has 0 bridgehead atoms. The Balaban J connectivity index is 2.09. The molecule has 1 aliphatic rings. The summed E-state index contributed by atoms with van der Waals surface area (Å²) in [4.78, 5) is 16.3. The minimum absolute atomic E-state index is 0.0805. The van der Waals surface area contributed by atoms with E-state index < -0.39 is 0 Å². The minimum atomic E-state index is -0.159. The first kappa shape index (κ1) is 13.3. The Morgan fingerprint density at radius 3 is 3.05 bits per heavy atom. The monoisotopic (exact) mass is 262 g/mol. The third-order valence-corrected chi connectivity index (χ3v) is 3.58. The summed E-state index contributed by atoms with van der Waals surface area (Å²) in [6.07, 6.45) is 4.28. The highest BCUT2D eigenvalue weighted by Crippen LogP contribution is 2.26.